The molecule has 1 aliphatic rings. The zero-order valence-corrected chi connectivity index (χ0v) is 13.1. The molecule has 0 saturated heterocycles. The highest BCUT2D eigenvalue weighted by molar-refractivity contribution is 5.80. The molecule has 2 atom stereocenters. The van der Waals surface area contributed by atoms with Crippen LogP contribution in [0.2, 0.25) is 0 Å². The number of para-hydroxylation sites is 1. The first-order chi connectivity index (χ1) is 9.93. The summed E-state index contributed by atoms with van der Waals surface area (Å²) in [6.45, 7) is 4.00. The molecule has 1 amide bonds. The van der Waals surface area contributed by atoms with Gasteiger partial charge in [0.05, 0.1) is 19.1 Å². The second-order valence-corrected chi connectivity index (χ2v) is 6.47. The van der Waals surface area contributed by atoms with Crippen LogP contribution in [0.1, 0.15) is 38.7 Å². The van der Waals surface area contributed by atoms with Gasteiger partial charge in [0.1, 0.15) is 5.75 Å². The molecule has 1 saturated carbocycles. The summed E-state index contributed by atoms with van der Waals surface area (Å²) in [6.07, 6.45) is 2.62. The Labute approximate surface area is 126 Å². The summed E-state index contributed by atoms with van der Waals surface area (Å²) in [5, 5.41) is 12.9. The van der Waals surface area contributed by atoms with E-state index in [9.17, 15) is 9.90 Å². The van der Waals surface area contributed by atoms with Gasteiger partial charge in [-0.25, -0.2) is 0 Å². The van der Waals surface area contributed by atoms with Crippen molar-refractivity contribution in [2.75, 3.05) is 7.11 Å². The van der Waals surface area contributed by atoms with E-state index in [1.165, 1.54) is 0 Å². The number of hydrogen-bond donors (Lipinski definition) is 2. The molecular formula is C17H25NO3. The number of nitrogens with one attached hydrogen (secondary N) is 1. The zero-order valence-electron chi connectivity index (χ0n) is 13.1. The number of benzene rings is 1. The molecule has 0 aromatic heterocycles. The minimum absolute atomic E-state index is 0.0418. The van der Waals surface area contributed by atoms with Crippen LogP contribution in [0.5, 0.6) is 5.75 Å². The average Bonchev–Trinajstić information content (AvgIpc) is 2.84. The lowest BCUT2D eigenvalue weighted by Crippen LogP contribution is -2.48. The predicted octanol–water partition coefficient (Wildman–Crippen LogP) is 2.29. The van der Waals surface area contributed by atoms with Crippen molar-refractivity contribution in [2.45, 2.75) is 51.2 Å². The Hall–Kier alpha value is -1.55. The molecule has 1 aromatic rings. The lowest BCUT2D eigenvalue weighted by Gasteiger charge is -2.29. The summed E-state index contributed by atoms with van der Waals surface area (Å²) in [7, 11) is 1.65. The van der Waals surface area contributed by atoms with Gasteiger partial charge in [0.25, 0.3) is 0 Å². The minimum atomic E-state index is -0.493. The van der Waals surface area contributed by atoms with Crippen molar-refractivity contribution < 1.29 is 14.6 Å². The molecule has 0 aliphatic heterocycles. The molecule has 0 radical (unpaired) electrons. The van der Waals surface area contributed by atoms with E-state index in [1.807, 2.05) is 38.1 Å². The second-order valence-electron chi connectivity index (χ2n) is 6.47. The number of aliphatic hydroxyl groups is 1. The van der Waals surface area contributed by atoms with E-state index in [4.69, 9.17) is 4.74 Å². The second kappa shape index (κ2) is 6.48. The number of hydrogen-bond acceptors (Lipinski definition) is 3. The van der Waals surface area contributed by atoms with Gasteiger partial charge in [-0.1, -0.05) is 18.2 Å². The van der Waals surface area contributed by atoms with Crippen LogP contribution in [0.3, 0.4) is 0 Å². The predicted molar refractivity (Wildman–Crippen MR) is 82.3 cm³/mol. The normalized spacial score (nSPS) is 22.1. The Kier molecular flexibility index (Phi) is 4.88. The highest BCUT2D eigenvalue weighted by atomic mass is 16.5. The molecule has 21 heavy (non-hydrogen) atoms. The summed E-state index contributed by atoms with van der Waals surface area (Å²) in [6, 6.07) is 7.84. The lowest BCUT2D eigenvalue weighted by atomic mass is 9.93. The molecule has 1 aromatic carbocycles. The molecule has 2 N–H and O–H groups in total. The van der Waals surface area contributed by atoms with E-state index in [0.29, 0.717) is 6.42 Å². The average molecular weight is 291 g/mol. The number of rotatable bonds is 5. The number of methoxy groups -OCH3 is 1. The number of aliphatic hydroxyl groups excluding tert-OH is 1. The zero-order chi connectivity index (χ0) is 15.5. The third-order valence-electron chi connectivity index (χ3n) is 4.10. The van der Waals surface area contributed by atoms with Gasteiger partial charge in [0, 0.05) is 5.54 Å². The Morgan fingerprint density at radius 1 is 1.38 bits per heavy atom. The largest absolute Gasteiger partial charge is 0.496 e. The molecule has 2 rings (SSSR count). The molecule has 0 spiro atoms. The van der Waals surface area contributed by atoms with E-state index in [1.54, 1.807) is 7.11 Å². The molecule has 116 valence electrons. The third kappa shape index (κ3) is 3.97. The molecule has 0 heterocycles. The van der Waals surface area contributed by atoms with Crippen LogP contribution in [-0.4, -0.2) is 29.8 Å². The Bertz CT molecular complexity index is 499. The highest BCUT2D eigenvalue weighted by Crippen LogP contribution is 2.27. The maximum absolute atomic E-state index is 12.3. The van der Waals surface area contributed by atoms with Crippen LogP contribution in [0.4, 0.5) is 0 Å². The minimum Gasteiger partial charge on any atom is -0.496 e. The highest BCUT2D eigenvalue weighted by Gasteiger charge is 2.34. The summed E-state index contributed by atoms with van der Waals surface area (Å²) in [5.74, 6) is 0.530. The third-order valence-corrected chi connectivity index (χ3v) is 4.10. The van der Waals surface area contributed by atoms with E-state index >= 15 is 0 Å². The van der Waals surface area contributed by atoms with Crippen LogP contribution >= 0.6 is 0 Å². The number of ether oxygens (including phenoxy) is 1. The summed E-state index contributed by atoms with van der Waals surface area (Å²) < 4.78 is 5.36. The van der Waals surface area contributed by atoms with Crippen LogP contribution < -0.4 is 10.1 Å². The lowest BCUT2D eigenvalue weighted by molar-refractivity contribution is -0.129. The maximum Gasteiger partial charge on any atom is 0.226 e. The molecule has 0 bridgehead atoms. The first kappa shape index (κ1) is 15.8. The summed E-state index contributed by atoms with van der Waals surface area (Å²) in [5.41, 5.74) is 0.686. The van der Waals surface area contributed by atoms with Gasteiger partial charge in [-0.3, -0.25) is 4.79 Å². The van der Waals surface area contributed by atoms with Crippen LogP contribution in [0.15, 0.2) is 24.3 Å². The summed E-state index contributed by atoms with van der Waals surface area (Å²) >= 11 is 0. The molecule has 4 nitrogen and oxygen atoms in total. The first-order valence-electron chi connectivity index (χ1n) is 7.55. The van der Waals surface area contributed by atoms with E-state index in [0.717, 1.165) is 30.6 Å². The number of amides is 1. The van der Waals surface area contributed by atoms with Crippen molar-refractivity contribution in [3.05, 3.63) is 29.8 Å². The quantitative estimate of drug-likeness (QED) is 0.875. The van der Waals surface area contributed by atoms with Gasteiger partial charge in [-0.05, 0) is 51.2 Å². The van der Waals surface area contributed by atoms with E-state index in [-0.39, 0.29) is 17.4 Å². The topological polar surface area (TPSA) is 58.6 Å². The molecule has 1 aliphatic carbocycles. The fourth-order valence-corrected chi connectivity index (χ4v) is 3.04. The van der Waals surface area contributed by atoms with Crippen LogP contribution in [-0.2, 0) is 11.2 Å². The van der Waals surface area contributed by atoms with E-state index in [2.05, 4.69) is 5.32 Å². The van der Waals surface area contributed by atoms with Crippen molar-refractivity contribution >= 4 is 5.91 Å². The molecule has 1 fully saturated rings. The van der Waals surface area contributed by atoms with Gasteiger partial charge in [0.2, 0.25) is 5.91 Å². The van der Waals surface area contributed by atoms with Crippen molar-refractivity contribution in [1.82, 2.24) is 5.32 Å². The number of carbonyl (C=O) groups is 1. The van der Waals surface area contributed by atoms with Crippen LogP contribution in [0, 0.1) is 5.92 Å². The van der Waals surface area contributed by atoms with Crippen molar-refractivity contribution in [3.63, 3.8) is 0 Å². The standard InChI is InChI=1S/C17H25NO3/c1-17(2,11-12-7-4-5-10-15(12)21-3)18-16(20)13-8-6-9-14(13)19/h4-5,7,10,13-14,19H,6,8-9,11H2,1-3H3,(H,18,20). The first-order valence-corrected chi connectivity index (χ1v) is 7.55. The fourth-order valence-electron chi connectivity index (χ4n) is 3.04. The van der Waals surface area contributed by atoms with Gasteiger partial charge in [-0.2, -0.15) is 0 Å². The van der Waals surface area contributed by atoms with Crippen molar-refractivity contribution in [2.24, 2.45) is 5.92 Å². The Balaban J connectivity index is 2.02. The molecule has 2 unspecified atom stereocenters. The van der Waals surface area contributed by atoms with Gasteiger partial charge in [0.15, 0.2) is 0 Å². The van der Waals surface area contributed by atoms with Gasteiger partial charge < -0.3 is 15.2 Å². The maximum atomic E-state index is 12.3. The molecule has 4 heteroatoms. The summed E-state index contributed by atoms with van der Waals surface area (Å²) in [4.78, 5) is 12.3. The van der Waals surface area contributed by atoms with Crippen LogP contribution in [0.25, 0.3) is 0 Å². The molecular weight excluding hydrogens is 266 g/mol. The van der Waals surface area contributed by atoms with Gasteiger partial charge in [-0.15, -0.1) is 0 Å². The SMILES string of the molecule is COc1ccccc1CC(C)(C)NC(=O)C1CCCC1O. The fraction of sp³-hybridized carbons (Fsp3) is 0.588. The van der Waals surface area contributed by atoms with E-state index < -0.39 is 6.10 Å². The van der Waals surface area contributed by atoms with Crippen molar-refractivity contribution in [1.29, 1.82) is 0 Å². The smallest absolute Gasteiger partial charge is 0.226 e. The Morgan fingerprint density at radius 3 is 2.71 bits per heavy atom. The monoisotopic (exact) mass is 291 g/mol. The Morgan fingerprint density at radius 2 is 2.10 bits per heavy atom. The number of carbonyl (C=O) groups excluding carboxylic acids is 1. The van der Waals surface area contributed by atoms with Gasteiger partial charge >= 0.3 is 0 Å². The van der Waals surface area contributed by atoms with Crippen molar-refractivity contribution in [3.8, 4) is 5.75 Å².